The quantitative estimate of drug-likeness (QED) is 0.810. The second kappa shape index (κ2) is 8.62. The minimum Gasteiger partial charge on any atom is -0.298 e. The average Bonchev–Trinajstić information content (AvgIpc) is 2.89. The summed E-state index contributed by atoms with van der Waals surface area (Å²) >= 11 is 0. The summed E-state index contributed by atoms with van der Waals surface area (Å²) in [4.78, 5) is 2.70. The zero-order valence-corrected chi connectivity index (χ0v) is 16.0. The summed E-state index contributed by atoms with van der Waals surface area (Å²) in [6.07, 6.45) is 5.12. The van der Waals surface area contributed by atoms with Gasteiger partial charge in [-0.2, -0.15) is 4.31 Å². The van der Waals surface area contributed by atoms with Gasteiger partial charge in [0.1, 0.15) is 0 Å². The maximum absolute atomic E-state index is 12.9. The Hall–Kier alpha value is -1.95. The van der Waals surface area contributed by atoms with Crippen LogP contribution in [0, 0.1) is 6.92 Å². The van der Waals surface area contributed by atoms with Gasteiger partial charge in [0.2, 0.25) is 10.0 Å². The summed E-state index contributed by atoms with van der Waals surface area (Å²) in [7, 11) is -3.40. The molecule has 2 aromatic carbocycles. The van der Waals surface area contributed by atoms with Gasteiger partial charge in [0.05, 0.1) is 4.90 Å². The van der Waals surface area contributed by atoms with E-state index in [1.807, 2.05) is 37.3 Å². The number of hydrogen-bond acceptors (Lipinski definition) is 3. The van der Waals surface area contributed by atoms with Gasteiger partial charge in [-0.1, -0.05) is 60.2 Å². The number of aryl methyl sites for hydroxylation is 1. The van der Waals surface area contributed by atoms with E-state index >= 15 is 0 Å². The zero-order chi connectivity index (χ0) is 18.4. The van der Waals surface area contributed by atoms with Crippen molar-refractivity contribution in [3.8, 4) is 0 Å². The highest BCUT2D eigenvalue weighted by atomic mass is 32.2. The van der Waals surface area contributed by atoms with Crippen LogP contribution in [0.2, 0.25) is 0 Å². The van der Waals surface area contributed by atoms with E-state index in [9.17, 15) is 8.42 Å². The molecule has 1 aliphatic heterocycles. The van der Waals surface area contributed by atoms with E-state index in [4.69, 9.17) is 0 Å². The van der Waals surface area contributed by atoms with Crippen LogP contribution in [0.4, 0.5) is 0 Å². The second-order valence-electron chi connectivity index (χ2n) is 6.68. The molecule has 2 aromatic rings. The molecular weight excluding hydrogens is 344 g/mol. The molecule has 1 heterocycles. The summed E-state index contributed by atoms with van der Waals surface area (Å²) in [6.45, 7) is 5.59. The molecule has 0 saturated carbocycles. The Labute approximate surface area is 156 Å². The van der Waals surface area contributed by atoms with Crippen LogP contribution in [0.25, 0.3) is 6.08 Å². The van der Waals surface area contributed by atoms with Crippen LogP contribution < -0.4 is 0 Å². The monoisotopic (exact) mass is 370 g/mol. The molecule has 1 saturated heterocycles. The van der Waals surface area contributed by atoms with E-state index in [1.54, 1.807) is 16.4 Å². The molecule has 138 valence electrons. The predicted molar refractivity (Wildman–Crippen MR) is 106 cm³/mol. The molecule has 0 bridgehead atoms. The fourth-order valence-corrected chi connectivity index (χ4v) is 4.60. The molecule has 26 heavy (non-hydrogen) atoms. The Morgan fingerprint density at radius 2 is 1.65 bits per heavy atom. The van der Waals surface area contributed by atoms with Crippen molar-refractivity contribution in [3.05, 3.63) is 71.8 Å². The number of hydrogen-bond donors (Lipinski definition) is 0. The molecule has 0 amide bonds. The molecule has 0 radical (unpaired) electrons. The molecule has 0 unspecified atom stereocenters. The molecular formula is C21H26N2O2S. The highest BCUT2D eigenvalue weighted by Gasteiger charge is 2.26. The Kier molecular flexibility index (Phi) is 6.25. The largest absolute Gasteiger partial charge is 0.298 e. The minimum atomic E-state index is -3.40. The van der Waals surface area contributed by atoms with E-state index in [1.165, 1.54) is 5.56 Å². The van der Waals surface area contributed by atoms with E-state index in [0.717, 1.165) is 31.6 Å². The summed E-state index contributed by atoms with van der Waals surface area (Å²) in [5.74, 6) is 0. The van der Waals surface area contributed by atoms with Crippen LogP contribution in [0.1, 0.15) is 17.5 Å². The van der Waals surface area contributed by atoms with Crippen LogP contribution in [0.5, 0.6) is 0 Å². The first-order chi connectivity index (χ1) is 12.6. The van der Waals surface area contributed by atoms with Gasteiger partial charge in [0.15, 0.2) is 0 Å². The normalized spacial score (nSPS) is 17.4. The molecule has 0 atom stereocenters. The van der Waals surface area contributed by atoms with Crippen molar-refractivity contribution >= 4 is 16.1 Å². The Bertz CT molecular complexity index is 830. The van der Waals surface area contributed by atoms with Gasteiger partial charge in [-0.15, -0.1) is 0 Å². The average molecular weight is 371 g/mol. The Morgan fingerprint density at radius 1 is 0.923 bits per heavy atom. The van der Waals surface area contributed by atoms with Crippen LogP contribution in [-0.4, -0.2) is 50.3 Å². The van der Waals surface area contributed by atoms with Crippen LogP contribution in [0.15, 0.2) is 65.6 Å². The third-order valence-electron chi connectivity index (χ3n) is 4.68. The van der Waals surface area contributed by atoms with Crippen LogP contribution in [-0.2, 0) is 10.0 Å². The van der Waals surface area contributed by atoms with Crippen molar-refractivity contribution in [1.29, 1.82) is 0 Å². The lowest BCUT2D eigenvalue weighted by Crippen LogP contribution is -2.35. The van der Waals surface area contributed by atoms with Gasteiger partial charge in [-0.05, 0) is 37.6 Å². The van der Waals surface area contributed by atoms with E-state index in [-0.39, 0.29) is 0 Å². The highest BCUT2D eigenvalue weighted by Crippen LogP contribution is 2.18. The topological polar surface area (TPSA) is 40.6 Å². The first-order valence-electron chi connectivity index (χ1n) is 9.06. The molecule has 5 heteroatoms. The lowest BCUT2D eigenvalue weighted by Gasteiger charge is -2.21. The number of benzene rings is 2. The van der Waals surface area contributed by atoms with Crippen LogP contribution in [0.3, 0.4) is 0 Å². The standard InChI is InChI=1S/C21H26N2O2S/c1-19-10-12-21(13-11-19)26(24,25)23-16-6-15-22(17-18-23)14-5-9-20-7-3-2-4-8-20/h2-5,7-13H,6,14-18H2,1H3/b9-5+. The first kappa shape index (κ1) is 18.8. The fourth-order valence-electron chi connectivity index (χ4n) is 3.13. The van der Waals surface area contributed by atoms with Gasteiger partial charge in [0.25, 0.3) is 0 Å². The zero-order valence-electron chi connectivity index (χ0n) is 15.2. The lowest BCUT2D eigenvalue weighted by molar-refractivity contribution is 0.316. The van der Waals surface area contributed by atoms with Gasteiger partial charge < -0.3 is 0 Å². The number of nitrogens with zero attached hydrogens (tertiary/aromatic N) is 2. The predicted octanol–water partition coefficient (Wildman–Crippen LogP) is 3.40. The summed E-state index contributed by atoms with van der Waals surface area (Å²) < 4.78 is 27.3. The first-order valence-corrected chi connectivity index (χ1v) is 10.5. The smallest absolute Gasteiger partial charge is 0.243 e. The fraction of sp³-hybridized carbons (Fsp3) is 0.333. The van der Waals surface area contributed by atoms with Crippen molar-refractivity contribution < 1.29 is 8.42 Å². The molecule has 1 fully saturated rings. The van der Waals surface area contributed by atoms with Crippen molar-refractivity contribution in [3.63, 3.8) is 0 Å². The van der Waals surface area contributed by atoms with Gasteiger partial charge in [0, 0.05) is 26.2 Å². The summed E-state index contributed by atoms with van der Waals surface area (Å²) in [5.41, 5.74) is 2.25. The molecule has 0 aromatic heterocycles. The molecule has 4 nitrogen and oxygen atoms in total. The van der Waals surface area contributed by atoms with Crippen molar-refractivity contribution in [2.45, 2.75) is 18.2 Å². The van der Waals surface area contributed by atoms with Crippen molar-refractivity contribution in [2.75, 3.05) is 32.7 Å². The van der Waals surface area contributed by atoms with E-state index in [0.29, 0.717) is 18.0 Å². The minimum absolute atomic E-state index is 0.389. The van der Waals surface area contributed by atoms with Crippen molar-refractivity contribution in [2.24, 2.45) is 0 Å². The molecule has 0 aliphatic carbocycles. The Morgan fingerprint density at radius 3 is 2.38 bits per heavy atom. The third-order valence-corrected chi connectivity index (χ3v) is 6.59. The summed E-state index contributed by atoms with van der Waals surface area (Å²) in [5, 5.41) is 0. The summed E-state index contributed by atoms with van der Waals surface area (Å²) in [6, 6.07) is 17.3. The van der Waals surface area contributed by atoms with Crippen molar-refractivity contribution in [1.82, 2.24) is 9.21 Å². The van der Waals surface area contributed by atoms with Gasteiger partial charge in [-0.3, -0.25) is 4.90 Å². The van der Waals surface area contributed by atoms with Gasteiger partial charge >= 0.3 is 0 Å². The third kappa shape index (κ3) is 4.81. The Balaban J connectivity index is 1.59. The highest BCUT2D eigenvalue weighted by molar-refractivity contribution is 7.89. The molecule has 0 spiro atoms. The maximum Gasteiger partial charge on any atom is 0.243 e. The van der Waals surface area contributed by atoms with Gasteiger partial charge in [-0.25, -0.2) is 8.42 Å². The molecule has 0 N–H and O–H groups in total. The maximum atomic E-state index is 12.9. The number of rotatable bonds is 5. The van der Waals surface area contributed by atoms with E-state index in [2.05, 4.69) is 29.2 Å². The lowest BCUT2D eigenvalue weighted by atomic mass is 10.2. The SMILES string of the molecule is Cc1ccc(S(=O)(=O)N2CCCN(C/C=C/c3ccccc3)CC2)cc1. The van der Waals surface area contributed by atoms with Crippen LogP contribution >= 0.6 is 0 Å². The second-order valence-corrected chi connectivity index (χ2v) is 8.62. The number of sulfonamides is 1. The molecule has 3 rings (SSSR count). The van der Waals surface area contributed by atoms with E-state index < -0.39 is 10.0 Å². The molecule has 1 aliphatic rings.